The van der Waals surface area contributed by atoms with Crippen LogP contribution in [0.4, 0.5) is 19.2 Å². The molecular weight excluding hydrogens is 756 g/mol. The van der Waals surface area contributed by atoms with E-state index in [9.17, 15) is 65.1 Å². The van der Waals surface area contributed by atoms with E-state index < -0.39 is 99.0 Å². The highest BCUT2D eigenvalue weighted by molar-refractivity contribution is 5.69. The van der Waals surface area contributed by atoms with Crippen molar-refractivity contribution in [3.8, 4) is 5.75 Å². The number of aromatic hydroxyl groups is 1. The van der Waals surface area contributed by atoms with Crippen molar-refractivity contribution < 1.29 is 93.6 Å². The summed E-state index contributed by atoms with van der Waals surface area (Å²) >= 11 is 0. The summed E-state index contributed by atoms with van der Waals surface area (Å²) in [6.45, 7) is -0.156. The van der Waals surface area contributed by atoms with Crippen LogP contribution in [-0.2, 0) is 41.6 Å². The number of aliphatic hydroxyl groups is 8. The van der Waals surface area contributed by atoms with Crippen LogP contribution in [0.3, 0.4) is 0 Å². The van der Waals surface area contributed by atoms with Crippen LogP contribution < -0.4 is 0 Å². The minimum Gasteiger partial charge on any atom is -0.507 e. The number of benzene rings is 1. The first kappa shape index (κ1) is 46.1. The van der Waals surface area contributed by atoms with Crippen molar-refractivity contribution >= 4 is 24.4 Å². The van der Waals surface area contributed by atoms with E-state index in [4.69, 9.17) is 28.4 Å². The number of phenolic OH excluding ortho intramolecular Hbond substituents is 1. The van der Waals surface area contributed by atoms with Gasteiger partial charge >= 0.3 is 24.4 Å². The molecule has 10 atom stereocenters. The Morgan fingerprint density at radius 2 is 0.839 bits per heavy atom. The first-order valence-electron chi connectivity index (χ1n) is 17.3. The topological polar surface area (TPSA) is 319 Å². The molecule has 6 unspecified atom stereocenters. The van der Waals surface area contributed by atoms with Gasteiger partial charge in [-0.1, -0.05) is 5.56 Å². The molecule has 1 aromatic carbocycles. The summed E-state index contributed by atoms with van der Waals surface area (Å²) in [5.41, 5.74) is 1.08. The standard InChI is InChI=1S/C33H52N4O19/c1-16-10-17(12-51-30(47)34(2)6-8-36(4)32(49)53-14-19-22(39)24(41)26(43)28(45)55-19)21(38)18(11-16)13-52-31(48)35(3)7-9-37(5)33(50)54-15-20-23(40)25(42)27(44)29(46)56-20/h10-11,19-20,22-29,38-46H,6-9,12-15H2,1-5H3/t19?,20?,22-,23-,24+,25+,26?,27?,28?,29?/m1/s1. The molecule has 0 spiro atoms. The van der Waals surface area contributed by atoms with Crippen LogP contribution in [0.5, 0.6) is 5.75 Å². The summed E-state index contributed by atoms with van der Waals surface area (Å²) in [6.07, 6.45) is -19.7. The number of aliphatic hydroxyl groups excluding tert-OH is 8. The minimum atomic E-state index is -1.79. The summed E-state index contributed by atoms with van der Waals surface area (Å²) in [5, 5.41) is 88.7. The van der Waals surface area contributed by atoms with Gasteiger partial charge in [0, 0.05) is 65.5 Å². The highest BCUT2D eigenvalue weighted by atomic mass is 16.7. The first-order chi connectivity index (χ1) is 26.2. The summed E-state index contributed by atoms with van der Waals surface area (Å²) in [5.74, 6) is -0.283. The van der Waals surface area contributed by atoms with Gasteiger partial charge in [0.25, 0.3) is 0 Å². The molecule has 56 heavy (non-hydrogen) atoms. The van der Waals surface area contributed by atoms with Crippen molar-refractivity contribution in [2.24, 2.45) is 0 Å². The van der Waals surface area contributed by atoms with Gasteiger partial charge in [-0.15, -0.1) is 0 Å². The van der Waals surface area contributed by atoms with E-state index >= 15 is 0 Å². The Balaban J connectivity index is 1.40. The minimum absolute atomic E-state index is 0.0105. The second kappa shape index (κ2) is 20.7. The van der Waals surface area contributed by atoms with Crippen molar-refractivity contribution in [3.05, 3.63) is 28.8 Å². The summed E-state index contributed by atoms with van der Waals surface area (Å²) in [7, 11) is 5.56. The van der Waals surface area contributed by atoms with Gasteiger partial charge in [0.05, 0.1) is 0 Å². The van der Waals surface area contributed by atoms with E-state index in [2.05, 4.69) is 0 Å². The molecule has 0 radical (unpaired) electrons. The number of phenols is 1. The third-order valence-corrected chi connectivity index (χ3v) is 9.02. The number of nitrogens with zero attached hydrogens (tertiary/aromatic N) is 4. The van der Waals surface area contributed by atoms with Crippen LogP contribution in [0.1, 0.15) is 16.7 Å². The van der Waals surface area contributed by atoms with Gasteiger partial charge in [0.15, 0.2) is 12.6 Å². The molecule has 1 aromatic rings. The van der Waals surface area contributed by atoms with Crippen molar-refractivity contribution in [1.29, 1.82) is 0 Å². The maximum atomic E-state index is 12.7. The number of hydrogen-bond acceptors (Lipinski definition) is 19. The SMILES string of the molecule is Cc1cc(COC(=O)N(C)CCN(C)C(=O)OCC2OC(O)C(O)[C@@H](O)[C@@H]2O)c(O)c(COC(=O)N(C)CCN(C)C(=O)OCC2OC(O)C(O)[C@@H](O)[C@@H]2O)c1. The van der Waals surface area contributed by atoms with E-state index in [1.165, 1.54) is 28.2 Å². The lowest BCUT2D eigenvalue weighted by molar-refractivity contribution is -0.286. The molecule has 2 saturated heterocycles. The number of hydrogen-bond donors (Lipinski definition) is 9. The fraction of sp³-hybridized carbons (Fsp3) is 0.697. The van der Waals surface area contributed by atoms with Crippen LogP contribution in [0.25, 0.3) is 0 Å². The van der Waals surface area contributed by atoms with Gasteiger partial charge in [0.1, 0.15) is 81.0 Å². The monoisotopic (exact) mass is 808 g/mol. The molecule has 0 saturated carbocycles. The Kier molecular flexibility index (Phi) is 17.1. The molecule has 4 amide bonds. The number of likely N-dealkylation sites (N-methyl/N-ethyl adjacent to an activating group) is 4. The zero-order valence-electron chi connectivity index (χ0n) is 31.5. The molecule has 23 heteroatoms. The van der Waals surface area contributed by atoms with E-state index in [1.54, 1.807) is 19.1 Å². The van der Waals surface area contributed by atoms with Crippen LogP contribution in [0.15, 0.2) is 12.1 Å². The van der Waals surface area contributed by atoms with Crippen molar-refractivity contribution in [2.75, 3.05) is 67.6 Å². The molecule has 3 rings (SSSR count). The molecular formula is C33H52N4O19. The Bertz CT molecular complexity index is 1390. The molecule has 318 valence electrons. The zero-order valence-corrected chi connectivity index (χ0v) is 31.5. The molecule has 2 heterocycles. The quantitative estimate of drug-likeness (QED) is 0.0826. The number of amides is 4. The van der Waals surface area contributed by atoms with Crippen molar-refractivity contribution in [2.45, 2.75) is 81.5 Å². The Hall–Kier alpha value is -4.30. The lowest BCUT2D eigenvalue weighted by Gasteiger charge is -2.38. The third-order valence-electron chi connectivity index (χ3n) is 9.02. The van der Waals surface area contributed by atoms with Crippen LogP contribution in [-0.4, -0.2) is 219 Å². The number of aryl methyl sites for hydroxylation is 1. The Morgan fingerprint density at radius 1 is 0.536 bits per heavy atom. The average molecular weight is 809 g/mol. The van der Waals surface area contributed by atoms with Crippen LogP contribution >= 0.6 is 0 Å². The Morgan fingerprint density at radius 3 is 1.16 bits per heavy atom. The second-order valence-electron chi connectivity index (χ2n) is 13.5. The largest absolute Gasteiger partial charge is 0.507 e. The number of rotatable bonds is 14. The van der Waals surface area contributed by atoms with Gasteiger partial charge < -0.3 is 94.0 Å². The molecule has 0 bridgehead atoms. The number of ether oxygens (including phenoxy) is 6. The molecule has 9 N–H and O–H groups in total. The molecule has 0 aromatic heterocycles. The molecule has 0 aliphatic carbocycles. The van der Waals surface area contributed by atoms with Crippen molar-refractivity contribution in [3.63, 3.8) is 0 Å². The maximum Gasteiger partial charge on any atom is 0.409 e. The van der Waals surface area contributed by atoms with E-state index in [1.807, 2.05) is 0 Å². The van der Waals surface area contributed by atoms with Gasteiger partial charge in [-0.3, -0.25) is 0 Å². The van der Waals surface area contributed by atoms with Crippen LogP contribution in [0, 0.1) is 6.92 Å². The number of carbonyl (C=O) groups is 4. The summed E-state index contributed by atoms with van der Waals surface area (Å²) < 4.78 is 30.7. The van der Waals surface area contributed by atoms with Gasteiger partial charge in [-0.05, 0) is 19.1 Å². The zero-order chi connectivity index (χ0) is 42.0. The highest BCUT2D eigenvalue weighted by Crippen LogP contribution is 2.27. The van der Waals surface area contributed by atoms with E-state index in [-0.39, 0.29) is 56.3 Å². The van der Waals surface area contributed by atoms with E-state index in [0.717, 1.165) is 19.6 Å². The highest BCUT2D eigenvalue weighted by Gasteiger charge is 2.44. The predicted octanol–water partition coefficient (Wildman–Crippen LogP) is -3.43. The maximum absolute atomic E-state index is 12.7. The molecule has 2 aliphatic heterocycles. The predicted molar refractivity (Wildman–Crippen MR) is 184 cm³/mol. The fourth-order valence-corrected chi connectivity index (χ4v) is 5.28. The lowest BCUT2D eigenvalue weighted by Crippen LogP contribution is -2.58. The first-order valence-corrected chi connectivity index (χ1v) is 17.3. The van der Waals surface area contributed by atoms with Crippen molar-refractivity contribution in [1.82, 2.24) is 19.6 Å². The van der Waals surface area contributed by atoms with Crippen LogP contribution in [0.2, 0.25) is 0 Å². The van der Waals surface area contributed by atoms with Gasteiger partial charge in [0.2, 0.25) is 0 Å². The molecule has 2 fully saturated rings. The van der Waals surface area contributed by atoms with Gasteiger partial charge in [-0.2, -0.15) is 0 Å². The van der Waals surface area contributed by atoms with Gasteiger partial charge in [-0.25, -0.2) is 19.2 Å². The fourth-order valence-electron chi connectivity index (χ4n) is 5.28. The lowest BCUT2D eigenvalue weighted by atomic mass is 9.99. The molecule has 23 nitrogen and oxygen atoms in total. The average Bonchev–Trinajstić information content (AvgIpc) is 3.17. The summed E-state index contributed by atoms with van der Waals surface area (Å²) in [4.78, 5) is 54.6. The Labute approximate surface area is 321 Å². The third kappa shape index (κ3) is 12.3. The number of carbonyl (C=O) groups excluding carboxylic acids is 4. The molecule has 2 aliphatic rings. The van der Waals surface area contributed by atoms with E-state index in [0.29, 0.717) is 5.56 Å². The summed E-state index contributed by atoms with van der Waals surface area (Å²) in [6, 6.07) is 3.14. The second-order valence-corrected chi connectivity index (χ2v) is 13.5. The smallest absolute Gasteiger partial charge is 0.409 e. The normalized spacial score (nSPS) is 27.4.